The highest BCUT2D eigenvalue weighted by Gasteiger charge is 2.20. The number of nitrogens with zero attached hydrogens (tertiary/aromatic N) is 1. The van der Waals surface area contributed by atoms with E-state index in [1.54, 1.807) is 41.5 Å². The number of halogens is 1. The minimum absolute atomic E-state index is 0.0913. The number of unbranched alkanes of at least 4 members (excludes halogenated alkanes) is 2. The highest BCUT2D eigenvalue weighted by atomic mass is 32.2. The fraction of sp³-hybridized carbons (Fsp3) is 0.233. The maximum absolute atomic E-state index is 13.5. The molecule has 0 saturated carbocycles. The van der Waals surface area contributed by atoms with Gasteiger partial charge in [0.15, 0.2) is 0 Å². The summed E-state index contributed by atoms with van der Waals surface area (Å²) < 4.78 is 49.3. The summed E-state index contributed by atoms with van der Waals surface area (Å²) in [4.78, 5) is 15.0. The first-order chi connectivity index (χ1) is 18.3. The molecular weight excluding hydrogens is 505 g/mol. The van der Waals surface area contributed by atoms with E-state index in [0.717, 1.165) is 43.5 Å². The van der Waals surface area contributed by atoms with Crippen LogP contribution in [0.1, 0.15) is 53.4 Å². The molecule has 8 heteroatoms. The Bertz CT molecular complexity index is 1430. The van der Waals surface area contributed by atoms with Crippen molar-refractivity contribution in [2.45, 2.75) is 50.6 Å². The molecule has 0 aliphatic carbocycles. The molecule has 0 spiro atoms. The van der Waals surface area contributed by atoms with Crippen LogP contribution in [-0.2, 0) is 29.6 Å². The minimum atomic E-state index is -4.15. The number of aryl methyl sites for hydroxylation is 1. The maximum atomic E-state index is 13.5. The van der Waals surface area contributed by atoms with E-state index in [0.29, 0.717) is 16.9 Å². The van der Waals surface area contributed by atoms with Crippen LogP contribution in [0.5, 0.6) is 5.75 Å². The van der Waals surface area contributed by atoms with Gasteiger partial charge in [-0.2, -0.15) is 8.42 Å². The number of hydrogen-bond donors (Lipinski definition) is 0. The summed E-state index contributed by atoms with van der Waals surface area (Å²) in [6.07, 6.45) is 5.97. The second-order valence-electron chi connectivity index (χ2n) is 9.03. The number of hydrogen-bond acceptors (Lipinski definition) is 5. The first-order valence-corrected chi connectivity index (χ1v) is 13.9. The summed E-state index contributed by atoms with van der Waals surface area (Å²) in [5.41, 5.74) is 2.43. The van der Waals surface area contributed by atoms with E-state index in [9.17, 15) is 17.6 Å². The van der Waals surface area contributed by atoms with Crippen molar-refractivity contribution in [3.63, 3.8) is 0 Å². The maximum Gasteiger partial charge on any atom is 0.339 e. The van der Waals surface area contributed by atoms with Gasteiger partial charge in [0, 0.05) is 12.1 Å². The van der Waals surface area contributed by atoms with Gasteiger partial charge in [-0.3, -0.25) is 4.79 Å². The van der Waals surface area contributed by atoms with E-state index in [4.69, 9.17) is 8.60 Å². The molecule has 1 heterocycles. The normalized spacial score (nSPS) is 11.3. The molecule has 1 amide bonds. The Morgan fingerprint density at radius 1 is 0.895 bits per heavy atom. The summed E-state index contributed by atoms with van der Waals surface area (Å²) in [5.74, 6) is -0.000331. The first kappa shape index (κ1) is 27.1. The van der Waals surface area contributed by atoms with Crippen LogP contribution in [-0.4, -0.2) is 19.2 Å². The van der Waals surface area contributed by atoms with Crippen LogP contribution in [0.3, 0.4) is 0 Å². The second kappa shape index (κ2) is 12.6. The standard InChI is InChI=1S/C30H30FNO5S/c1-2-3-4-7-23-11-13-25(14-12-23)30(33)32(22-28-10-6-19-36-28)21-24-8-5-9-27(20-24)37-38(34,35)29-17-15-26(31)16-18-29/h5-6,8-20H,2-4,7,21-22H2,1H3. The molecule has 0 atom stereocenters. The molecule has 198 valence electrons. The van der Waals surface area contributed by atoms with Crippen LogP contribution in [0.15, 0.2) is 101 Å². The topological polar surface area (TPSA) is 76.8 Å². The van der Waals surface area contributed by atoms with Crippen molar-refractivity contribution < 1.29 is 26.2 Å². The van der Waals surface area contributed by atoms with Crippen molar-refractivity contribution in [1.29, 1.82) is 0 Å². The lowest BCUT2D eigenvalue weighted by molar-refractivity contribution is 0.0717. The molecule has 0 aliphatic rings. The molecule has 6 nitrogen and oxygen atoms in total. The van der Waals surface area contributed by atoms with Gasteiger partial charge in [0.05, 0.1) is 12.8 Å². The van der Waals surface area contributed by atoms with Crippen LogP contribution in [0.4, 0.5) is 4.39 Å². The van der Waals surface area contributed by atoms with Gasteiger partial charge < -0.3 is 13.5 Å². The van der Waals surface area contributed by atoms with Crippen LogP contribution < -0.4 is 4.18 Å². The van der Waals surface area contributed by atoms with Crippen molar-refractivity contribution >= 4 is 16.0 Å². The molecule has 0 saturated heterocycles. The van der Waals surface area contributed by atoms with Gasteiger partial charge in [-0.1, -0.05) is 44.0 Å². The Hall–Kier alpha value is -3.91. The Balaban J connectivity index is 1.52. The number of rotatable bonds is 12. The zero-order valence-electron chi connectivity index (χ0n) is 21.2. The summed E-state index contributed by atoms with van der Waals surface area (Å²) in [7, 11) is -4.15. The van der Waals surface area contributed by atoms with Crippen molar-refractivity contribution in [2.24, 2.45) is 0 Å². The van der Waals surface area contributed by atoms with Gasteiger partial charge in [0.25, 0.3) is 5.91 Å². The van der Waals surface area contributed by atoms with Gasteiger partial charge in [0.2, 0.25) is 0 Å². The smallest absolute Gasteiger partial charge is 0.339 e. The van der Waals surface area contributed by atoms with Gasteiger partial charge in [-0.15, -0.1) is 0 Å². The van der Waals surface area contributed by atoms with Gasteiger partial charge >= 0.3 is 10.1 Å². The third-order valence-electron chi connectivity index (χ3n) is 6.06. The lowest BCUT2D eigenvalue weighted by Gasteiger charge is -2.22. The fourth-order valence-electron chi connectivity index (χ4n) is 4.06. The molecule has 1 aromatic heterocycles. The monoisotopic (exact) mass is 535 g/mol. The number of furan rings is 1. The zero-order chi connectivity index (χ0) is 27.0. The van der Waals surface area contributed by atoms with Crippen LogP contribution in [0, 0.1) is 5.82 Å². The van der Waals surface area contributed by atoms with E-state index < -0.39 is 15.9 Å². The largest absolute Gasteiger partial charge is 0.467 e. The number of carbonyl (C=O) groups is 1. The van der Waals surface area contributed by atoms with Crippen LogP contribution >= 0.6 is 0 Å². The molecule has 0 aliphatic heterocycles. The highest BCUT2D eigenvalue weighted by molar-refractivity contribution is 7.87. The van der Waals surface area contributed by atoms with Crippen LogP contribution in [0.2, 0.25) is 0 Å². The summed E-state index contributed by atoms with van der Waals surface area (Å²) in [6.45, 7) is 2.61. The Kier molecular flexibility index (Phi) is 8.97. The van der Waals surface area contributed by atoms with E-state index in [2.05, 4.69) is 6.92 Å². The molecule has 0 radical (unpaired) electrons. The molecule has 4 aromatic rings. The quantitative estimate of drug-likeness (QED) is 0.148. The Morgan fingerprint density at radius 2 is 1.66 bits per heavy atom. The lowest BCUT2D eigenvalue weighted by atomic mass is 10.0. The van der Waals surface area contributed by atoms with Gasteiger partial charge in [-0.25, -0.2) is 4.39 Å². The number of carbonyl (C=O) groups excluding carboxylic acids is 1. The molecule has 0 bridgehead atoms. The molecule has 4 rings (SSSR count). The fourth-order valence-corrected chi connectivity index (χ4v) is 4.98. The van der Waals surface area contributed by atoms with E-state index >= 15 is 0 Å². The molecule has 0 unspecified atom stereocenters. The third kappa shape index (κ3) is 7.32. The molecule has 0 N–H and O–H groups in total. The van der Waals surface area contributed by atoms with Crippen molar-refractivity contribution in [3.8, 4) is 5.75 Å². The van der Waals surface area contributed by atoms with E-state index in [1.807, 2.05) is 24.3 Å². The predicted molar refractivity (Wildman–Crippen MR) is 143 cm³/mol. The van der Waals surface area contributed by atoms with Crippen molar-refractivity contribution in [3.05, 3.63) is 119 Å². The molecule has 0 fully saturated rings. The van der Waals surface area contributed by atoms with E-state index in [-0.39, 0.29) is 29.6 Å². The Morgan fingerprint density at radius 3 is 2.34 bits per heavy atom. The predicted octanol–water partition coefficient (Wildman–Crippen LogP) is 6.76. The summed E-state index contributed by atoms with van der Waals surface area (Å²) in [5, 5.41) is 0. The lowest BCUT2D eigenvalue weighted by Crippen LogP contribution is -2.30. The summed E-state index contributed by atoms with van der Waals surface area (Å²) >= 11 is 0. The number of amides is 1. The summed E-state index contributed by atoms with van der Waals surface area (Å²) in [6, 6.07) is 22.2. The highest BCUT2D eigenvalue weighted by Crippen LogP contribution is 2.22. The van der Waals surface area contributed by atoms with Gasteiger partial charge in [-0.05, 0) is 84.6 Å². The zero-order valence-corrected chi connectivity index (χ0v) is 22.0. The third-order valence-corrected chi connectivity index (χ3v) is 7.33. The van der Waals surface area contributed by atoms with Crippen molar-refractivity contribution in [1.82, 2.24) is 4.90 Å². The van der Waals surface area contributed by atoms with Gasteiger partial charge in [0.1, 0.15) is 22.2 Å². The minimum Gasteiger partial charge on any atom is -0.467 e. The molecular formula is C30H30FNO5S. The molecule has 38 heavy (non-hydrogen) atoms. The SMILES string of the molecule is CCCCCc1ccc(C(=O)N(Cc2cccc(OS(=O)(=O)c3ccc(F)cc3)c2)Cc2ccco2)cc1. The van der Waals surface area contributed by atoms with E-state index in [1.165, 1.54) is 18.1 Å². The average Bonchev–Trinajstić information content (AvgIpc) is 3.42. The Labute approximate surface area is 222 Å². The first-order valence-electron chi connectivity index (χ1n) is 12.5. The van der Waals surface area contributed by atoms with Crippen LogP contribution in [0.25, 0.3) is 0 Å². The number of benzene rings is 3. The van der Waals surface area contributed by atoms with Crippen molar-refractivity contribution in [2.75, 3.05) is 0 Å². The average molecular weight is 536 g/mol. The second-order valence-corrected chi connectivity index (χ2v) is 10.6. The molecule has 3 aromatic carbocycles.